The summed E-state index contributed by atoms with van der Waals surface area (Å²) in [6, 6.07) is 5.85. The van der Waals surface area contributed by atoms with Gasteiger partial charge < -0.3 is 10.6 Å². The molecule has 1 aliphatic heterocycles. The number of alkyl halides is 3. The average molecular weight is 286 g/mol. The fraction of sp³-hybridized carbons (Fsp3) is 0.600. The van der Waals surface area contributed by atoms with Gasteiger partial charge in [0, 0.05) is 0 Å². The number of nitrogens with two attached hydrogens (primary N) is 1. The lowest BCUT2D eigenvalue weighted by atomic mass is 9.78. The normalized spacial score (nSPS) is 20.1. The van der Waals surface area contributed by atoms with Gasteiger partial charge >= 0.3 is 6.18 Å². The molecule has 0 aromatic heterocycles. The summed E-state index contributed by atoms with van der Waals surface area (Å²) in [5, 5.41) is 0. The van der Waals surface area contributed by atoms with Gasteiger partial charge in [0.25, 0.3) is 0 Å². The Balaban J connectivity index is 2.28. The van der Waals surface area contributed by atoms with Gasteiger partial charge in [-0.05, 0) is 63.0 Å². The molecule has 0 spiro atoms. The third kappa shape index (κ3) is 3.33. The Bertz CT molecular complexity index is 437. The van der Waals surface area contributed by atoms with Gasteiger partial charge in [0.1, 0.15) is 0 Å². The molecule has 1 aromatic rings. The minimum absolute atomic E-state index is 0.207. The van der Waals surface area contributed by atoms with Crippen molar-refractivity contribution in [2.45, 2.75) is 24.9 Å². The molecule has 1 heterocycles. The molecule has 0 saturated carbocycles. The minimum Gasteiger partial charge on any atom is -0.330 e. The van der Waals surface area contributed by atoms with Crippen LogP contribution in [0.3, 0.4) is 0 Å². The summed E-state index contributed by atoms with van der Waals surface area (Å²) in [4.78, 5) is 2.21. The monoisotopic (exact) mass is 286 g/mol. The molecule has 1 aromatic carbocycles. The van der Waals surface area contributed by atoms with E-state index in [1.54, 1.807) is 12.1 Å². The second-order valence-corrected chi connectivity index (χ2v) is 5.57. The first-order valence-electron chi connectivity index (χ1n) is 6.98. The summed E-state index contributed by atoms with van der Waals surface area (Å²) in [5.74, 6) is 0.0289. The van der Waals surface area contributed by atoms with Crippen molar-refractivity contribution in [1.82, 2.24) is 4.90 Å². The van der Waals surface area contributed by atoms with Crippen LogP contribution in [0.15, 0.2) is 24.3 Å². The predicted molar refractivity (Wildman–Crippen MR) is 73.5 cm³/mol. The lowest BCUT2D eigenvalue weighted by Gasteiger charge is -2.35. The van der Waals surface area contributed by atoms with E-state index in [0.717, 1.165) is 32.0 Å². The van der Waals surface area contributed by atoms with Gasteiger partial charge in [-0.15, -0.1) is 0 Å². The van der Waals surface area contributed by atoms with E-state index < -0.39 is 11.7 Å². The smallest absolute Gasteiger partial charge is 0.330 e. The number of halogens is 3. The minimum atomic E-state index is -4.31. The van der Waals surface area contributed by atoms with Crippen LogP contribution in [0.2, 0.25) is 0 Å². The lowest BCUT2D eigenvalue weighted by Crippen LogP contribution is -2.35. The van der Waals surface area contributed by atoms with Crippen LogP contribution < -0.4 is 5.73 Å². The Labute approximate surface area is 117 Å². The van der Waals surface area contributed by atoms with Gasteiger partial charge in [0.15, 0.2) is 0 Å². The van der Waals surface area contributed by atoms with E-state index in [9.17, 15) is 13.2 Å². The van der Waals surface area contributed by atoms with Crippen molar-refractivity contribution in [2.24, 2.45) is 11.7 Å². The summed E-state index contributed by atoms with van der Waals surface area (Å²) in [6.45, 7) is 2.12. The molecular formula is C15H21F3N2. The molecule has 0 radical (unpaired) electrons. The quantitative estimate of drug-likeness (QED) is 0.925. The summed E-state index contributed by atoms with van der Waals surface area (Å²) >= 11 is 0. The second kappa shape index (κ2) is 6.14. The topological polar surface area (TPSA) is 29.3 Å². The van der Waals surface area contributed by atoms with Crippen LogP contribution in [0, 0.1) is 5.92 Å². The van der Waals surface area contributed by atoms with Crippen LogP contribution in [0.1, 0.15) is 29.9 Å². The van der Waals surface area contributed by atoms with Crippen molar-refractivity contribution >= 4 is 0 Å². The summed E-state index contributed by atoms with van der Waals surface area (Å²) in [5.41, 5.74) is 5.63. The first-order chi connectivity index (χ1) is 9.43. The molecule has 1 aliphatic rings. The number of piperidine rings is 1. The highest BCUT2D eigenvalue weighted by molar-refractivity contribution is 5.33. The van der Waals surface area contributed by atoms with Crippen LogP contribution in [-0.4, -0.2) is 31.6 Å². The maximum Gasteiger partial charge on any atom is 0.416 e. The lowest BCUT2D eigenvalue weighted by molar-refractivity contribution is -0.138. The highest BCUT2D eigenvalue weighted by Gasteiger charge is 2.36. The molecule has 2 N–H and O–H groups in total. The zero-order valence-corrected chi connectivity index (χ0v) is 11.7. The molecule has 5 heteroatoms. The molecule has 0 aliphatic carbocycles. The van der Waals surface area contributed by atoms with Crippen LogP contribution in [0.4, 0.5) is 13.2 Å². The van der Waals surface area contributed by atoms with Crippen molar-refractivity contribution in [3.63, 3.8) is 0 Å². The van der Waals surface area contributed by atoms with E-state index in [1.807, 2.05) is 7.05 Å². The van der Waals surface area contributed by atoms with Gasteiger partial charge in [-0.3, -0.25) is 0 Å². The number of nitrogens with zero attached hydrogens (tertiary/aromatic N) is 1. The van der Waals surface area contributed by atoms with E-state index in [2.05, 4.69) is 4.90 Å². The molecule has 1 atom stereocenters. The van der Waals surface area contributed by atoms with Crippen molar-refractivity contribution in [3.8, 4) is 0 Å². The van der Waals surface area contributed by atoms with Gasteiger partial charge in [-0.25, -0.2) is 0 Å². The van der Waals surface area contributed by atoms with Crippen molar-refractivity contribution in [3.05, 3.63) is 35.4 Å². The first-order valence-corrected chi connectivity index (χ1v) is 6.98. The molecule has 1 unspecified atom stereocenters. The van der Waals surface area contributed by atoms with Gasteiger partial charge in [0.2, 0.25) is 0 Å². The fourth-order valence-corrected chi connectivity index (χ4v) is 3.08. The first kappa shape index (κ1) is 15.3. The molecular weight excluding hydrogens is 265 g/mol. The van der Waals surface area contributed by atoms with Gasteiger partial charge in [-0.1, -0.05) is 18.2 Å². The Morgan fingerprint density at radius 2 is 1.85 bits per heavy atom. The maximum absolute atomic E-state index is 13.1. The van der Waals surface area contributed by atoms with E-state index in [0.29, 0.717) is 5.56 Å². The van der Waals surface area contributed by atoms with Crippen LogP contribution >= 0.6 is 0 Å². The van der Waals surface area contributed by atoms with Gasteiger partial charge in [0.05, 0.1) is 5.56 Å². The van der Waals surface area contributed by atoms with Crippen LogP contribution in [0.5, 0.6) is 0 Å². The van der Waals surface area contributed by atoms with E-state index >= 15 is 0 Å². The molecule has 2 nitrogen and oxygen atoms in total. The molecule has 2 rings (SSSR count). The van der Waals surface area contributed by atoms with Crippen LogP contribution in [-0.2, 0) is 6.18 Å². The summed E-state index contributed by atoms with van der Waals surface area (Å²) in [7, 11) is 2.04. The number of hydrogen-bond acceptors (Lipinski definition) is 2. The average Bonchev–Trinajstić information content (AvgIpc) is 2.41. The van der Waals surface area contributed by atoms with Crippen LogP contribution in [0.25, 0.3) is 0 Å². The Kier molecular flexibility index (Phi) is 4.70. The molecule has 112 valence electrons. The Morgan fingerprint density at radius 3 is 2.40 bits per heavy atom. The number of likely N-dealkylation sites (tertiary alicyclic amines) is 1. The van der Waals surface area contributed by atoms with Crippen molar-refractivity contribution < 1.29 is 13.2 Å². The third-order valence-corrected chi connectivity index (χ3v) is 4.25. The molecule has 1 fully saturated rings. The van der Waals surface area contributed by atoms with E-state index in [1.165, 1.54) is 6.07 Å². The van der Waals surface area contributed by atoms with Gasteiger partial charge in [-0.2, -0.15) is 13.2 Å². The molecule has 0 bridgehead atoms. The molecule has 1 saturated heterocycles. The van der Waals surface area contributed by atoms with E-state index in [-0.39, 0.29) is 18.4 Å². The standard InChI is InChI=1S/C15H21F3N2/c1-20-8-6-11(7-9-20)13(10-19)12-4-2-3-5-14(12)15(16,17)18/h2-5,11,13H,6-10,19H2,1H3. The third-order valence-electron chi connectivity index (χ3n) is 4.25. The summed E-state index contributed by atoms with van der Waals surface area (Å²) < 4.78 is 39.4. The highest BCUT2D eigenvalue weighted by atomic mass is 19.4. The van der Waals surface area contributed by atoms with Crippen molar-refractivity contribution in [1.29, 1.82) is 0 Å². The Hall–Kier alpha value is -1.07. The number of benzene rings is 1. The van der Waals surface area contributed by atoms with E-state index in [4.69, 9.17) is 5.73 Å². The molecule has 20 heavy (non-hydrogen) atoms. The Morgan fingerprint density at radius 1 is 1.25 bits per heavy atom. The SMILES string of the molecule is CN1CCC(C(CN)c2ccccc2C(F)(F)F)CC1. The zero-order chi connectivity index (χ0) is 14.8. The second-order valence-electron chi connectivity index (χ2n) is 5.57. The number of hydrogen-bond donors (Lipinski definition) is 1. The number of rotatable bonds is 3. The predicted octanol–water partition coefficient (Wildman–Crippen LogP) is 3.09. The fourth-order valence-electron chi connectivity index (χ4n) is 3.08. The summed E-state index contributed by atoms with van der Waals surface area (Å²) in [6.07, 6.45) is -2.50. The highest BCUT2D eigenvalue weighted by Crippen LogP contribution is 2.39. The van der Waals surface area contributed by atoms with Crippen molar-refractivity contribution in [2.75, 3.05) is 26.7 Å². The maximum atomic E-state index is 13.1. The zero-order valence-electron chi connectivity index (χ0n) is 11.7. The largest absolute Gasteiger partial charge is 0.416 e. The molecule has 0 amide bonds.